The minimum absolute atomic E-state index is 0.132. The molecule has 0 spiro atoms. The summed E-state index contributed by atoms with van der Waals surface area (Å²) < 4.78 is 36.4. The van der Waals surface area contributed by atoms with Crippen LogP contribution >= 0.6 is 0 Å². The number of carbonyl (C=O) groups is 2. The summed E-state index contributed by atoms with van der Waals surface area (Å²) in [5.41, 5.74) is 4.54. The van der Waals surface area contributed by atoms with Crippen LogP contribution in [-0.2, 0) is 17.1 Å². The highest BCUT2D eigenvalue weighted by atomic mass is 32.2. The maximum Gasteiger partial charge on any atom is 0.275 e. The lowest BCUT2D eigenvalue weighted by molar-refractivity contribution is 0.0828. The number of nitrogens with zero attached hydrogens (tertiary/aromatic N) is 5. The van der Waals surface area contributed by atoms with Crippen molar-refractivity contribution >= 4 is 38.6 Å². The van der Waals surface area contributed by atoms with E-state index in [4.69, 9.17) is 4.74 Å². The van der Waals surface area contributed by atoms with E-state index in [0.717, 1.165) is 5.56 Å². The zero-order chi connectivity index (χ0) is 33.5. The van der Waals surface area contributed by atoms with Gasteiger partial charge in [0.15, 0.2) is 5.65 Å². The van der Waals surface area contributed by atoms with Gasteiger partial charge in [-0.2, -0.15) is 0 Å². The van der Waals surface area contributed by atoms with Crippen LogP contribution in [0.2, 0.25) is 0 Å². The molecule has 238 valence electrons. The summed E-state index contributed by atoms with van der Waals surface area (Å²) in [6.45, 7) is 1.89. The molecule has 2 amide bonds. The fourth-order valence-electron chi connectivity index (χ4n) is 5.29. The van der Waals surface area contributed by atoms with Crippen LogP contribution < -0.4 is 10.1 Å². The molecule has 3 aromatic heterocycles. The quantitative estimate of drug-likeness (QED) is 0.227. The van der Waals surface area contributed by atoms with Gasteiger partial charge in [0.1, 0.15) is 11.4 Å². The summed E-state index contributed by atoms with van der Waals surface area (Å²) in [4.78, 5) is 36.5. The van der Waals surface area contributed by atoms with Gasteiger partial charge in [-0.1, -0.05) is 42.0 Å². The Labute approximate surface area is 272 Å². The van der Waals surface area contributed by atoms with E-state index < -0.39 is 15.9 Å². The Bertz CT molecular complexity index is 2270. The number of amides is 2. The van der Waals surface area contributed by atoms with E-state index in [-0.39, 0.29) is 27.7 Å². The number of benzene rings is 3. The molecule has 11 nitrogen and oxygen atoms in total. The highest BCUT2D eigenvalue weighted by molar-refractivity contribution is 7.90. The van der Waals surface area contributed by atoms with Crippen molar-refractivity contribution in [2.75, 3.05) is 26.5 Å². The number of aryl methyl sites for hydroxylation is 2. The number of imidazole rings is 1. The van der Waals surface area contributed by atoms with Gasteiger partial charge in [-0.15, -0.1) is 0 Å². The molecule has 47 heavy (non-hydrogen) atoms. The van der Waals surface area contributed by atoms with E-state index in [0.29, 0.717) is 39.1 Å². The van der Waals surface area contributed by atoms with Crippen molar-refractivity contribution in [3.8, 4) is 28.0 Å². The number of carbonyl (C=O) groups excluding carboxylic acids is 2. The first-order valence-corrected chi connectivity index (χ1v) is 16.0. The Hall–Kier alpha value is -5.75. The number of anilines is 1. The fraction of sp³-hybridized carbons (Fsp3) is 0.143. The van der Waals surface area contributed by atoms with Crippen molar-refractivity contribution in [2.24, 2.45) is 7.05 Å². The smallest absolute Gasteiger partial charge is 0.275 e. The number of methoxy groups -OCH3 is 1. The van der Waals surface area contributed by atoms with Crippen molar-refractivity contribution in [2.45, 2.75) is 11.8 Å². The molecule has 0 fully saturated rings. The molecule has 0 bridgehead atoms. The van der Waals surface area contributed by atoms with Crippen LogP contribution in [0.3, 0.4) is 0 Å². The molecule has 6 rings (SSSR count). The first-order valence-electron chi connectivity index (χ1n) is 14.6. The molecule has 6 aromatic rings. The largest absolute Gasteiger partial charge is 0.496 e. The number of hydrogen-bond acceptors (Lipinski definition) is 7. The zero-order valence-corrected chi connectivity index (χ0v) is 27.2. The van der Waals surface area contributed by atoms with Gasteiger partial charge in [0, 0.05) is 61.8 Å². The molecule has 0 saturated carbocycles. The van der Waals surface area contributed by atoms with Crippen molar-refractivity contribution < 1.29 is 22.7 Å². The molecule has 0 aliphatic heterocycles. The Morgan fingerprint density at radius 2 is 1.64 bits per heavy atom. The van der Waals surface area contributed by atoms with E-state index >= 15 is 0 Å². The third-order valence-electron chi connectivity index (χ3n) is 7.76. The van der Waals surface area contributed by atoms with Crippen molar-refractivity contribution in [1.82, 2.24) is 23.4 Å². The van der Waals surface area contributed by atoms with Gasteiger partial charge in [0.05, 0.1) is 29.6 Å². The monoisotopic (exact) mass is 648 g/mol. The molecular weight excluding hydrogens is 616 g/mol. The normalized spacial score (nSPS) is 11.4. The lowest BCUT2D eigenvalue weighted by atomic mass is 9.99. The Balaban J connectivity index is 1.51. The fourth-order valence-corrected chi connectivity index (χ4v) is 6.62. The first-order chi connectivity index (χ1) is 22.5. The van der Waals surface area contributed by atoms with Crippen LogP contribution in [0.1, 0.15) is 26.4 Å². The summed E-state index contributed by atoms with van der Waals surface area (Å²) in [7, 11) is 2.56. The molecule has 3 aromatic carbocycles. The second-order valence-corrected chi connectivity index (χ2v) is 13.1. The second kappa shape index (κ2) is 12.2. The maximum absolute atomic E-state index is 13.9. The zero-order valence-electron chi connectivity index (χ0n) is 26.4. The summed E-state index contributed by atoms with van der Waals surface area (Å²) in [6.07, 6.45) is 6.24. The average molecular weight is 649 g/mol. The van der Waals surface area contributed by atoms with E-state index in [2.05, 4.69) is 15.3 Å². The third kappa shape index (κ3) is 5.86. The van der Waals surface area contributed by atoms with Gasteiger partial charge in [-0.05, 0) is 48.9 Å². The number of hydrogen-bond donors (Lipinski definition) is 1. The molecular formula is C35H32N6O5S. The summed E-state index contributed by atoms with van der Waals surface area (Å²) in [5, 5.41) is 3.37. The van der Waals surface area contributed by atoms with Crippen LogP contribution in [0.5, 0.6) is 5.75 Å². The van der Waals surface area contributed by atoms with Crippen LogP contribution in [0, 0.1) is 6.92 Å². The SMILES string of the molecule is COc1ccccc1-c1cn(S(=O)(=O)c2ccc(C)cc2)c2ncc(-c3ccc(NC(=O)c4cn(C)cn4)c(C(=O)N(C)C)c3)cc12. The van der Waals surface area contributed by atoms with Gasteiger partial charge < -0.3 is 19.5 Å². The van der Waals surface area contributed by atoms with E-state index in [1.807, 2.05) is 31.2 Å². The minimum atomic E-state index is -4.02. The van der Waals surface area contributed by atoms with E-state index in [1.54, 1.807) is 99.9 Å². The van der Waals surface area contributed by atoms with Gasteiger partial charge in [-0.3, -0.25) is 9.59 Å². The standard InChI is InChI=1S/C35H32N6O5S/c1-22-10-13-25(14-11-22)47(44,45)41-19-29(26-8-6-7-9-32(26)46-5)27-17-24(18-36-33(27)41)23-12-15-30(28(16-23)35(43)39(2)3)38-34(42)31-20-40(4)21-37-31/h6-21H,1-5H3,(H,38,42). The van der Waals surface area contributed by atoms with Crippen LogP contribution in [0.15, 0.2) is 103 Å². The third-order valence-corrected chi connectivity index (χ3v) is 9.43. The molecule has 12 heteroatoms. The number of ether oxygens (including phenoxy) is 1. The highest BCUT2D eigenvalue weighted by Crippen LogP contribution is 2.39. The molecule has 0 saturated heterocycles. The number of para-hydroxylation sites is 1. The van der Waals surface area contributed by atoms with Crippen LogP contribution in [-0.4, -0.2) is 64.8 Å². The van der Waals surface area contributed by atoms with Crippen molar-refractivity contribution in [1.29, 1.82) is 0 Å². The molecule has 0 unspecified atom stereocenters. The topological polar surface area (TPSA) is 128 Å². The van der Waals surface area contributed by atoms with Gasteiger partial charge in [-0.25, -0.2) is 22.4 Å². The van der Waals surface area contributed by atoms with Crippen LogP contribution in [0.25, 0.3) is 33.3 Å². The average Bonchev–Trinajstić information content (AvgIpc) is 3.68. The summed E-state index contributed by atoms with van der Waals surface area (Å²) in [5.74, 6) is -0.203. The Morgan fingerprint density at radius 3 is 2.32 bits per heavy atom. The highest BCUT2D eigenvalue weighted by Gasteiger charge is 2.25. The number of nitrogens with one attached hydrogen (secondary N) is 1. The first kappa shape index (κ1) is 31.2. The van der Waals surface area contributed by atoms with E-state index in [9.17, 15) is 18.0 Å². The van der Waals surface area contributed by atoms with Crippen molar-refractivity contribution in [3.05, 3.63) is 115 Å². The second-order valence-electron chi connectivity index (χ2n) is 11.3. The van der Waals surface area contributed by atoms with Gasteiger partial charge in [0.2, 0.25) is 0 Å². The summed E-state index contributed by atoms with van der Waals surface area (Å²) in [6, 6.07) is 21.0. The number of fused-ring (bicyclic) bond motifs is 1. The maximum atomic E-state index is 13.9. The molecule has 0 radical (unpaired) electrons. The lowest BCUT2D eigenvalue weighted by Crippen LogP contribution is -2.24. The molecule has 0 atom stereocenters. The van der Waals surface area contributed by atoms with Gasteiger partial charge >= 0.3 is 0 Å². The van der Waals surface area contributed by atoms with Gasteiger partial charge in [0.25, 0.3) is 21.8 Å². The predicted molar refractivity (Wildman–Crippen MR) is 180 cm³/mol. The molecule has 0 aliphatic carbocycles. The Kier molecular flexibility index (Phi) is 8.12. The summed E-state index contributed by atoms with van der Waals surface area (Å²) >= 11 is 0. The van der Waals surface area contributed by atoms with Crippen LogP contribution in [0.4, 0.5) is 5.69 Å². The number of aromatic nitrogens is 4. The van der Waals surface area contributed by atoms with Crippen molar-refractivity contribution in [3.63, 3.8) is 0 Å². The Morgan fingerprint density at radius 1 is 0.894 bits per heavy atom. The number of pyridine rings is 1. The molecule has 1 N–H and O–H groups in total. The molecule has 3 heterocycles. The lowest BCUT2D eigenvalue weighted by Gasteiger charge is -2.16. The minimum Gasteiger partial charge on any atom is -0.496 e. The van der Waals surface area contributed by atoms with E-state index in [1.165, 1.54) is 15.2 Å². The molecule has 0 aliphatic rings. The number of rotatable bonds is 8. The predicted octanol–water partition coefficient (Wildman–Crippen LogP) is 5.61.